The second-order valence-electron chi connectivity index (χ2n) is 6.24. The van der Waals surface area contributed by atoms with Gasteiger partial charge in [0.1, 0.15) is 18.1 Å². The highest BCUT2D eigenvalue weighted by atomic mass is 35.5. The van der Waals surface area contributed by atoms with E-state index < -0.39 is 5.97 Å². The normalized spacial score (nSPS) is 9.61. The zero-order valence-corrected chi connectivity index (χ0v) is 17.7. The second kappa shape index (κ2) is 12.7. The van der Waals surface area contributed by atoms with Gasteiger partial charge in [0.2, 0.25) is 0 Å². The van der Waals surface area contributed by atoms with Crippen LogP contribution in [0.3, 0.4) is 0 Å². The van der Waals surface area contributed by atoms with Crippen molar-refractivity contribution in [3.8, 4) is 5.75 Å². The van der Waals surface area contributed by atoms with E-state index in [-0.39, 0.29) is 5.71 Å². The van der Waals surface area contributed by atoms with Gasteiger partial charge in [-0.15, -0.1) is 0 Å². The van der Waals surface area contributed by atoms with Crippen LogP contribution in [0.15, 0.2) is 60.2 Å². The Hall–Kier alpha value is -2.59. The predicted octanol–water partition coefficient (Wildman–Crippen LogP) is 6.02. The van der Waals surface area contributed by atoms with Gasteiger partial charge in [0, 0.05) is 5.02 Å². The number of carbonyl (C=O) groups excluding carboxylic acids is 1. The standard InChI is InChI=1S/C15H15ClO.C8H13NO2/c1-2-13-10-14(16)8-9-15(13)17-11-12-6-4-3-5-7-12;1-4-11-8(10)7(9)5-6(2)3/h3-10H,2,11H2,1H3;5,9H,4H2,1-3H3. The highest BCUT2D eigenvalue weighted by Gasteiger charge is 2.05. The molecule has 150 valence electrons. The van der Waals surface area contributed by atoms with Crippen molar-refractivity contribution in [3.63, 3.8) is 0 Å². The molecule has 0 saturated carbocycles. The number of carbonyl (C=O) groups is 1. The smallest absolute Gasteiger partial charge is 0.356 e. The van der Waals surface area contributed by atoms with Crippen LogP contribution in [-0.2, 0) is 22.6 Å². The molecule has 0 amide bonds. The van der Waals surface area contributed by atoms with Gasteiger partial charge in [-0.2, -0.15) is 0 Å². The Labute approximate surface area is 172 Å². The summed E-state index contributed by atoms with van der Waals surface area (Å²) in [5.41, 5.74) is 3.15. The lowest BCUT2D eigenvalue weighted by Gasteiger charge is -2.10. The third-order valence-electron chi connectivity index (χ3n) is 3.57. The third-order valence-corrected chi connectivity index (χ3v) is 3.80. The van der Waals surface area contributed by atoms with Gasteiger partial charge in [-0.05, 0) is 62.6 Å². The molecular weight excluding hydrogens is 374 g/mol. The van der Waals surface area contributed by atoms with Crippen molar-refractivity contribution in [1.29, 1.82) is 5.41 Å². The van der Waals surface area contributed by atoms with E-state index in [0.29, 0.717) is 13.2 Å². The van der Waals surface area contributed by atoms with Gasteiger partial charge < -0.3 is 9.47 Å². The second-order valence-corrected chi connectivity index (χ2v) is 6.67. The molecule has 0 heterocycles. The van der Waals surface area contributed by atoms with E-state index in [2.05, 4.69) is 23.8 Å². The number of benzene rings is 2. The SMILES string of the molecule is CCOC(=O)C(=N)C=C(C)C.CCc1cc(Cl)ccc1OCc1ccccc1. The van der Waals surface area contributed by atoms with Gasteiger partial charge in [0.25, 0.3) is 0 Å². The topological polar surface area (TPSA) is 59.4 Å². The molecule has 0 fully saturated rings. The average molecular weight is 402 g/mol. The van der Waals surface area contributed by atoms with E-state index in [0.717, 1.165) is 28.3 Å². The van der Waals surface area contributed by atoms with Crippen LogP contribution in [0.2, 0.25) is 5.02 Å². The lowest BCUT2D eigenvalue weighted by atomic mass is 10.1. The number of allylic oxidation sites excluding steroid dienone is 1. The number of nitrogens with one attached hydrogen (secondary N) is 1. The summed E-state index contributed by atoms with van der Waals surface area (Å²) in [4.78, 5) is 10.8. The molecule has 5 heteroatoms. The fourth-order valence-electron chi connectivity index (χ4n) is 2.26. The molecule has 0 aliphatic rings. The highest BCUT2D eigenvalue weighted by molar-refractivity contribution is 6.39. The van der Waals surface area contributed by atoms with Crippen LogP contribution < -0.4 is 4.74 Å². The quantitative estimate of drug-likeness (QED) is 0.456. The minimum atomic E-state index is -0.561. The van der Waals surface area contributed by atoms with Crippen molar-refractivity contribution < 1.29 is 14.3 Å². The first-order chi connectivity index (χ1) is 13.4. The summed E-state index contributed by atoms with van der Waals surface area (Å²) in [7, 11) is 0. The maximum Gasteiger partial charge on any atom is 0.356 e. The number of aryl methyl sites for hydroxylation is 1. The van der Waals surface area contributed by atoms with E-state index in [4.69, 9.17) is 21.7 Å². The van der Waals surface area contributed by atoms with E-state index in [1.807, 2.05) is 50.2 Å². The maximum absolute atomic E-state index is 10.8. The van der Waals surface area contributed by atoms with Crippen LogP contribution in [0.5, 0.6) is 5.75 Å². The molecule has 0 aromatic heterocycles. The molecule has 0 atom stereocenters. The Morgan fingerprint density at radius 1 is 1.11 bits per heavy atom. The first-order valence-electron chi connectivity index (χ1n) is 9.23. The average Bonchev–Trinajstić information content (AvgIpc) is 2.68. The molecule has 0 radical (unpaired) electrons. The van der Waals surface area contributed by atoms with Gasteiger partial charge in [-0.25, -0.2) is 4.79 Å². The summed E-state index contributed by atoms with van der Waals surface area (Å²) in [6.45, 7) is 8.38. The lowest BCUT2D eigenvalue weighted by Crippen LogP contribution is -2.14. The zero-order valence-electron chi connectivity index (χ0n) is 16.9. The van der Waals surface area contributed by atoms with Crippen molar-refractivity contribution in [2.24, 2.45) is 0 Å². The van der Waals surface area contributed by atoms with Crippen LogP contribution in [0.1, 0.15) is 38.8 Å². The van der Waals surface area contributed by atoms with Crippen LogP contribution in [0, 0.1) is 5.41 Å². The van der Waals surface area contributed by atoms with Gasteiger partial charge in [0.15, 0.2) is 0 Å². The fourth-order valence-corrected chi connectivity index (χ4v) is 2.45. The molecule has 1 N–H and O–H groups in total. The molecule has 0 saturated heterocycles. The van der Waals surface area contributed by atoms with Crippen molar-refractivity contribution >= 4 is 23.3 Å². The summed E-state index contributed by atoms with van der Waals surface area (Å²) in [5.74, 6) is 0.356. The Morgan fingerprint density at radius 2 is 1.79 bits per heavy atom. The monoisotopic (exact) mass is 401 g/mol. The van der Waals surface area contributed by atoms with E-state index in [9.17, 15) is 4.79 Å². The Kier molecular flexibility index (Phi) is 10.7. The summed E-state index contributed by atoms with van der Waals surface area (Å²) >= 11 is 5.96. The molecule has 4 nitrogen and oxygen atoms in total. The molecular formula is C23H28ClNO3. The molecule has 0 bridgehead atoms. The van der Waals surface area contributed by atoms with Crippen molar-refractivity contribution in [2.45, 2.75) is 40.7 Å². The Balaban J connectivity index is 0.000000311. The molecule has 2 aromatic rings. The predicted molar refractivity (Wildman–Crippen MR) is 115 cm³/mol. The third kappa shape index (κ3) is 8.87. The van der Waals surface area contributed by atoms with E-state index >= 15 is 0 Å². The molecule has 0 aliphatic heterocycles. The van der Waals surface area contributed by atoms with Gasteiger partial charge in [0.05, 0.1) is 6.61 Å². The molecule has 28 heavy (non-hydrogen) atoms. The Morgan fingerprint density at radius 3 is 2.36 bits per heavy atom. The van der Waals surface area contributed by atoms with E-state index in [1.54, 1.807) is 6.92 Å². The maximum atomic E-state index is 10.8. The van der Waals surface area contributed by atoms with Crippen LogP contribution in [0.4, 0.5) is 0 Å². The fraction of sp³-hybridized carbons (Fsp3) is 0.304. The van der Waals surface area contributed by atoms with Crippen LogP contribution in [0.25, 0.3) is 0 Å². The summed E-state index contributed by atoms with van der Waals surface area (Å²) in [6, 6.07) is 15.9. The number of halogens is 1. The van der Waals surface area contributed by atoms with Crippen LogP contribution in [-0.4, -0.2) is 18.3 Å². The lowest BCUT2D eigenvalue weighted by molar-refractivity contribution is -0.135. The summed E-state index contributed by atoms with van der Waals surface area (Å²) in [5, 5.41) is 7.94. The molecule has 0 aliphatic carbocycles. The van der Waals surface area contributed by atoms with Crippen LogP contribution >= 0.6 is 11.6 Å². The summed E-state index contributed by atoms with van der Waals surface area (Å²) < 4.78 is 10.4. The summed E-state index contributed by atoms with van der Waals surface area (Å²) in [6.07, 6.45) is 2.41. The molecule has 0 unspecified atom stereocenters. The van der Waals surface area contributed by atoms with Gasteiger partial charge >= 0.3 is 5.97 Å². The zero-order chi connectivity index (χ0) is 20.9. The Bertz CT molecular complexity index is 797. The number of hydrogen-bond acceptors (Lipinski definition) is 4. The number of rotatable bonds is 7. The molecule has 0 spiro atoms. The molecule has 2 aromatic carbocycles. The minimum Gasteiger partial charge on any atom is -0.489 e. The van der Waals surface area contributed by atoms with Crippen molar-refractivity contribution in [2.75, 3.05) is 6.61 Å². The van der Waals surface area contributed by atoms with Gasteiger partial charge in [-0.3, -0.25) is 5.41 Å². The van der Waals surface area contributed by atoms with Crippen molar-refractivity contribution in [1.82, 2.24) is 0 Å². The van der Waals surface area contributed by atoms with Crippen molar-refractivity contribution in [3.05, 3.63) is 76.3 Å². The highest BCUT2D eigenvalue weighted by Crippen LogP contribution is 2.24. The van der Waals surface area contributed by atoms with E-state index in [1.165, 1.54) is 11.6 Å². The number of esters is 1. The first kappa shape index (κ1) is 23.4. The largest absolute Gasteiger partial charge is 0.489 e. The molecule has 2 rings (SSSR count). The number of hydrogen-bond donors (Lipinski definition) is 1. The minimum absolute atomic E-state index is 0.0909. The number of ether oxygens (including phenoxy) is 2. The first-order valence-corrected chi connectivity index (χ1v) is 9.60. The van der Waals surface area contributed by atoms with Gasteiger partial charge in [-0.1, -0.05) is 54.4 Å².